The van der Waals surface area contributed by atoms with Crippen molar-refractivity contribution in [1.29, 1.82) is 0 Å². The first-order chi connectivity index (χ1) is 4.35. The summed E-state index contributed by atoms with van der Waals surface area (Å²) in [5, 5.41) is 3.15. The lowest BCUT2D eigenvalue weighted by Crippen LogP contribution is -2.34. The molecule has 0 rings (SSSR count). The second kappa shape index (κ2) is 6.11. The SMILES string of the molecule is C[B]NCN(CC)CC. The summed E-state index contributed by atoms with van der Waals surface area (Å²) in [5.74, 6) is 0. The smallest absolute Gasteiger partial charge is 0.202 e. The van der Waals surface area contributed by atoms with Gasteiger partial charge in [-0.2, -0.15) is 0 Å². The highest BCUT2D eigenvalue weighted by atomic mass is 15.2. The van der Waals surface area contributed by atoms with Crippen LogP contribution in [0.1, 0.15) is 13.8 Å². The van der Waals surface area contributed by atoms with Gasteiger partial charge in [-0.25, -0.2) is 0 Å². The molecule has 0 atom stereocenters. The minimum atomic E-state index is 0.976. The van der Waals surface area contributed by atoms with Crippen molar-refractivity contribution in [2.24, 2.45) is 0 Å². The van der Waals surface area contributed by atoms with Crippen molar-refractivity contribution in [3.8, 4) is 0 Å². The van der Waals surface area contributed by atoms with Gasteiger partial charge in [0, 0.05) is 6.67 Å². The standard InChI is InChI=1S/C6H16BN2/c1-4-9(5-2)6-8-7-3/h8H,4-6H2,1-3H3. The van der Waals surface area contributed by atoms with Crippen molar-refractivity contribution in [3.05, 3.63) is 0 Å². The van der Waals surface area contributed by atoms with Crippen molar-refractivity contribution >= 4 is 7.41 Å². The Kier molecular flexibility index (Phi) is 6.10. The predicted molar refractivity (Wildman–Crippen MR) is 42.5 cm³/mol. The Bertz CT molecular complexity index is 55.0. The van der Waals surface area contributed by atoms with Gasteiger partial charge in [0.2, 0.25) is 7.41 Å². The molecule has 1 radical (unpaired) electrons. The molecular formula is C6H16BN2. The number of nitrogens with zero attached hydrogens (tertiary/aromatic N) is 1. The molecule has 3 heteroatoms. The summed E-state index contributed by atoms with van der Waals surface area (Å²) < 4.78 is 0. The number of hydrogen-bond donors (Lipinski definition) is 1. The van der Waals surface area contributed by atoms with Crippen molar-refractivity contribution in [1.82, 2.24) is 10.1 Å². The molecule has 0 aromatic rings. The average molecular weight is 127 g/mol. The van der Waals surface area contributed by atoms with Gasteiger partial charge in [-0.3, -0.25) is 4.90 Å². The molecule has 0 fully saturated rings. The Balaban J connectivity index is 3.09. The number of hydrogen-bond acceptors (Lipinski definition) is 2. The fourth-order valence-corrected chi connectivity index (χ4v) is 0.668. The summed E-state index contributed by atoms with van der Waals surface area (Å²) in [4.78, 5) is 2.32. The van der Waals surface area contributed by atoms with Gasteiger partial charge >= 0.3 is 0 Å². The van der Waals surface area contributed by atoms with Crippen LogP contribution in [0.4, 0.5) is 0 Å². The maximum atomic E-state index is 3.15. The largest absolute Gasteiger partial charge is 0.349 e. The Morgan fingerprint density at radius 3 is 2.22 bits per heavy atom. The molecule has 0 bridgehead atoms. The molecule has 0 unspecified atom stereocenters. The summed E-state index contributed by atoms with van der Waals surface area (Å²) in [7, 11) is 1.97. The first kappa shape index (κ1) is 8.98. The van der Waals surface area contributed by atoms with E-state index in [-0.39, 0.29) is 0 Å². The Labute approximate surface area is 58.9 Å². The lowest BCUT2D eigenvalue weighted by atomic mass is 10.0. The van der Waals surface area contributed by atoms with Crippen LogP contribution in [-0.2, 0) is 0 Å². The van der Waals surface area contributed by atoms with Crippen molar-refractivity contribution < 1.29 is 0 Å². The van der Waals surface area contributed by atoms with E-state index >= 15 is 0 Å². The van der Waals surface area contributed by atoms with Crippen LogP contribution in [0.5, 0.6) is 0 Å². The lowest BCUT2D eigenvalue weighted by Gasteiger charge is -2.17. The third-order valence-corrected chi connectivity index (χ3v) is 1.41. The maximum absolute atomic E-state index is 3.15. The Morgan fingerprint density at radius 2 is 1.89 bits per heavy atom. The zero-order chi connectivity index (χ0) is 7.11. The van der Waals surface area contributed by atoms with Crippen LogP contribution in [0.3, 0.4) is 0 Å². The van der Waals surface area contributed by atoms with E-state index < -0.39 is 0 Å². The molecular weight excluding hydrogens is 111 g/mol. The third-order valence-electron chi connectivity index (χ3n) is 1.41. The molecule has 0 aliphatic rings. The number of nitrogens with one attached hydrogen (secondary N) is 1. The molecule has 0 saturated heterocycles. The molecule has 9 heavy (non-hydrogen) atoms. The van der Waals surface area contributed by atoms with Crippen LogP contribution in [0.25, 0.3) is 0 Å². The number of rotatable bonds is 5. The van der Waals surface area contributed by atoms with E-state index in [0.29, 0.717) is 0 Å². The van der Waals surface area contributed by atoms with Gasteiger partial charge < -0.3 is 5.23 Å². The van der Waals surface area contributed by atoms with E-state index in [4.69, 9.17) is 0 Å². The summed E-state index contributed by atoms with van der Waals surface area (Å²) in [6.45, 7) is 9.56. The van der Waals surface area contributed by atoms with Gasteiger partial charge in [-0.15, -0.1) is 0 Å². The first-order valence-electron chi connectivity index (χ1n) is 3.58. The molecule has 0 aliphatic heterocycles. The molecule has 2 nitrogen and oxygen atoms in total. The minimum absolute atomic E-state index is 0.976. The minimum Gasteiger partial charge on any atom is -0.349 e. The average Bonchev–Trinajstić information content (AvgIpc) is 1.91. The van der Waals surface area contributed by atoms with E-state index in [2.05, 4.69) is 24.0 Å². The fraction of sp³-hybridized carbons (Fsp3) is 1.00. The molecule has 0 aliphatic carbocycles. The van der Waals surface area contributed by atoms with Gasteiger partial charge in [-0.1, -0.05) is 20.7 Å². The second-order valence-corrected chi connectivity index (χ2v) is 1.95. The maximum Gasteiger partial charge on any atom is 0.202 e. The van der Waals surface area contributed by atoms with Crippen LogP contribution in [0.2, 0.25) is 6.82 Å². The predicted octanol–water partition coefficient (Wildman–Crippen LogP) is 0.543. The second-order valence-electron chi connectivity index (χ2n) is 1.95. The third kappa shape index (κ3) is 4.49. The van der Waals surface area contributed by atoms with Gasteiger partial charge in [0.25, 0.3) is 0 Å². The lowest BCUT2D eigenvalue weighted by molar-refractivity contribution is 0.301. The molecule has 0 spiro atoms. The highest BCUT2D eigenvalue weighted by Crippen LogP contribution is 1.80. The highest BCUT2D eigenvalue weighted by Gasteiger charge is 1.94. The molecule has 0 heterocycles. The van der Waals surface area contributed by atoms with Gasteiger partial charge in [0.15, 0.2) is 0 Å². The van der Waals surface area contributed by atoms with E-state index in [1.807, 2.05) is 14.2 Å². The van der Waals surface area contributed by atoms with Crippen LogP contribution < -0.4 is 5.23 Å². The topological polar surface area (TPSA) is 15.3 Å². The van der Waals surface area contributed by atoms with Crippen LogP contribution in [0.15, 0.2) is 0 Å². The summed E-state index contributed by atoms with van der Waals surface area (Å²) in [6.07, 6.45) is 0. The molecule has 0 aromatic heterocycles. The molecule has 0 amide bonds. The highest BCUT2D eigenvalue weighted by molar-refractivity contribution is 6.29. The monoisotopic (exact) mass is 127 g/mol. The van der Waals surface area contributed by atoms with Gasteiger partial charge in [-0.05, 0) is 13.1 Å². The van der Waals surface area contributed by atoms with E-state index in [1.165, 1.54) is 0 Å². The van der Waals surface area contributed by atoms with E-state index in [0.717, 1.165) is 19.8 Å². The zero-order valence-electron chi connectivity index (χ0n) is 6.65. The molecule has 1 N–H and O–H groups in total. The summed E-state index contributed by atoms with van der Waals surface area (Å²) in [5.41, 5.74) is 0. The van der Waals surface area contributed by atoms with Crippen molar-refractivity contribution in [2.75, 3.05) is 19.8 Å². The normalized spacial score (nSPS) is 10.2. The van der Waals surface area contributed by atoms with E-state index in [9.17, 15) is 0 Å². The quantitative estimate of drug-likeness (QED) is 0.428. The molecule has 53 valence electrons. The molecule has 0 saturated carbocycles. The van der Waals surface area contributed by atoms with E-state index in [1.54, 1.807) is 0 Å². The van der Waals surface area contributed by atoms with Crippen molar-refractivity contribution in [2.45, 2.75) is 20.7 Å². The van der Waals surface area contributed by atoms with Gasteiger partial charge in [0.05, 0.1) is 0 Å². The van der Waals surface area contributed by atoms with Crippen LogP contribution >= 0.6 is 0 Å². The Morgan fingerprint density at radius 1 is 1.33 bits per heavy atom. The van der Waals surface area contributed by atoms with Crippen molar-refractivity contribution in [3.63, 3.8) is 0 Å². The molecule has 0 aromatic carbocycles. The first-order valence-corrected chi connectivity index (χ1v) is 3.58. The summed E-state index contributed by atoms with van der Waals surface area (Å²) in [6, 6.07) is 0. The van der Waals surface area contributed by atoms with Gasteiger partial charge in [0.1, 0.15) is 0 Å². The van der Waals surface area contributed by atoms with Crippen LogP contribution in [0, 0.1) is 0 Å². The zero-order valence-corrected chi connectivity index (χ0v) is 6.65. The van der Waals surface area contributed by atoms with Crippen LogP contribution in [-0.4, -0.2) is 32.1 Å². The Hall–Kier alpha value is -0.0151. The summed E-state index contributed by atoms with van der Waals surface area (Å²) >= 11 is 0. The fourth-order valence-electron chi connectivity index (χ4n) is 0.668.